The highest BCUT2D eigenvalue weighted by Gasteiger charge is 2.08. The Morgan fingerprint density at radius 3 is 1.94 bits per heavy atom. The quantitative estimate of drug-likeness (QED) is 0.212. The maximum absolute atomic E-state index is 5.93. The summed E-state index contributed by atoms with van der Waals surface area (Å²) in [6.07, 6.45) is 10.5. The molecule has 0 saturated carbocycles. The number of hydrogen-bond acceptors (Lipinski definition) is 3. The minimum atomic E-state index is 0.655. The predicted molar refractivity (Wildman–Crippen MR) is 133 cm³/mol. The Hall–Kier alpha value is -3.07. The summed E-state index contributed by atoms with van der Waals surface area (Å²) in [5.41, 5.74) is 5.02. The molecular weight excluding hydrogens is 394 g/mol. The smallest absolute Gasteiger partial charge is 0.227 e. The van der Waals surface area contributed by atoms with Crippen LogP contribution in [0.2, 0.25) is 0 Å². The van der Waals surface area contributed by atoms with Gasteiger partial charge in [0.05, 0.1) is 6.61 Å². The monoisotopic (exact) mass is 427 g/mol. The molecule has 1 aromatic heterocycles. The number of ether oxygens (including phenoxy) is 1. The lowest BCUT2D eigenvalue weighted by atomic mass is 10.0. The molecule has 0 unspecified atom stereocenters. The minimum Gasteiger partial charge on any atom is -0.494 e. The Morgan fingerprint density at radius 1 is 0.656 bits per heavy atom. The van der Waals surface area contributed by atoms with E-state index in [4.69, 9.17) is 9.15 Å². The Kier molecular flexibility index (Phi) is 7.97. The highest BCUT2D eigenvalue weighted by atomic mass is 16.5. The Bertz CT molecular complexity index is 1050. The fourth-order valence-corrected chi connectivity index (χ4v) is 3.97. The van der Waals surface area contributed by atoms with Gasteiger partial charge in [-0.15, -0.1) is 0 Å². The Labute approximate surface area is 191 Å². The van der Waals surface area contributed by atoms with Crippen molar-refractivity contribution in [1.82, 2.24) is 4.98 Å². The number of aromatic nitrogens is 1. The van der Waals surface area contributed by atoms with E-state index in [2.05, 4.69) is 60.4 Å². The minimum absolute atomic E-state index is 0.655. The molecular formula is C29H33NO2. The van der Waals surface area contributed by atoms with Crippen molar-refractivity contribution >= 4 is 11.1 Å². The highest BCUT2D eigenvalue weighted by molar-refractivity contribution is 5.76. The van der Waals surface area contributed by atoms with Crippen molar-refractivity contribution in [2.75, 3.05) is 6.61 Å². The average Bonchev–Trinajstić information content (AvgIpc) is 3.28. The maximum atomic E-state index is 5.93. The van der Waals surface area contributed by atoms with Gasteiger partial charge in [0.1, 0.15) is 11.3 Å². The van der Waals surface area contributed by atoms with Gasteiger partial charge in [-0.05, 0) is 53.9 Å². The fraction of sp³-hybridized carbons (Fsp3) is 0.345. The van der Waals surface area contributed by atoms with Crippen molar-refractivity contribution in [3.05, 3.63) is 72.8 Å². The summed E-state index contributed by atoms with van der Waals surface area (Å²) in [5.74, 6) is 1.60. The van der Waals surface area contributed by atoms with Gasteiger partial charge in [0, 0.05) is 5.56 Å². The number of rotatable bonds is 12. The van der Waals surface area contributed by atoms with Gasteiger partial charge in [-0.2, -0.15) is 0 Å². The lowest BCUT2D eigenvalue weighted by Gasteiger charge is -2.08. The first-order valence-corrected chi connectivity index (χ1v) is 12.0. The molecule has 32 heavy (non-hydrogen) atoms. The second kappa shape index (κ2) is 11.5. The average molecular weight is 428 g/mol. The Morgan fingerprint density at radius 2 is 1.25 bits per heavy atom. The van der Waals surface area contributed by atoms with Crippen LogP contribution in [0.3, 0.4) is 0 Å². The lowest BCUT2D eigenvalue weighted by Crippen LogP contribution is -1.97. The van der Waals surface area contributed by atoms with Crippen LogP contribution in [0.1, 0.15) is 58.3 Å². The molecule has 0 atom stereocenters. The lowest BCUT2D eigenvalue weighted by molar-refractivity contribution is 0.304. The van der Waals surface area contributed by atoms with Crippen LogP contribution < -0.4 is 4.74 Å². The third-order valence-electron chi connectivity index (χ3n) is 5.88. The van der Waals surface area contributed by atoms with Crippen molar-refractivity contribution in [3.8, 4) is 28.3 Å². The van der Waals surface area contributed by atoms with Gasteiger partial charge < -0.3 is 9.15 Å². The first-order valence-electron chi connectivity index (χ1n) is 12.0. The molecule has 0 aliphatic heterocycles. The number of oxazole rings is 1. The summed E-state index contributed by atoms with van der Waals surface area (Å²) >= 11 is 0. The number of para-hydroxylation sites is 2. The zero-order chi connectivity index (χ0) is 22.0. The molecule has 0 saturated heterocycles. The summed E-state index contributed by atoms with van der Waals surface area (Å²) in [6, 6.07) is 24.6. The maximum Gasteiger partial charge on any atom is 0.227 e. The molecule has 0 amide bonds. The highest BCUT2D eigenvalue weighted by Crippen LogP contribution is 2.28. The van der Waals surface area contributed by atoms with E-state index in [1.54, 1.807) is 0 Å². The van der Waals surface area contributed by atoms with Gasteiger partial charge in [-0.3, -0.25) is 0 Å². The number of nitrogens with zero attached hydrogens (tertiary/aromatic N) is 1. The van der Waals surface area contributed by atoms with Crippen molar-refractivity contribution in [1.29, 1.82) is 0 Å². The second-order valence-corrected chi connectivity index (χ2v) is 8.41. The van der Waals surface area contributed by atoms with Crippen LogP contribution in [-0.4, -0.2) is 11.6 Å². The van der Waals surface area contributed by atoms with Crippen LogP contribution in [-0.2, 0) is 0 Å². The van der Waals surface area contributed by atoms with E-state index >= 15 is 0 Å². The predicted octanol–water partition coefficient (Wildman–Crippen LogP) is 8.68. The number of hydrogen-bond donors (Lipinski definition) is 0. The SMILES string of the molecule is CCCCCCCCCCOc1ccc(-c2ccc(-c3nc4ccccc4o3)cc2)cc1. The third kappa shape index (κ3) is 6.00. The van der Waals surface area contributed by atoms with Gasteiger partial charge in [0.2, 0.25) is 5.89 Å². The van der Waals surface area contributed by atoms with E-state index in [9.17, 15) is 0 Å². The zero-order valence-electron chi connectivity index (χ0n) is 19.1. The molecule has 0 spiro atoms. The molecule has 0 aliphatic rings. The summed E-state index contributed by atoms with van der Waals surface area (Å²) in [4.78, 5) is 4.58. The van der Waals surface area contributed by atoms with Gasteiger partial charge in [0.15, 0.2) is 5.58 Å². The fourth-order valence-electron chi connectivity index (χ4n) is 3.97. The molecule has 3 nitrogen and oxygen atoms in total. The van der Waals surface area contributed by atoms with Crippen molar-refractivity contribution in [2.45, 2.75) is 58.3 Å². The molecule has 4 aromatic rings. The number of fused-ring (bicyclic) bond motifs is 1. The standard InChI is InChI=1S/C29H33NO2/c1-2-3-4-5-6-7-8-11-22-31-26-20-18-24(19-21-26)23-14-16-25(17-15-23)29-30-27-12-9-10-13-28(27)32-29/h9-10,12-21H,2-8,11,22H2,1H3. The van der Waals surface area contributed by atoms with Crippen LogP contribution in [0.4, 0.5) is 0 Å². The summed E-state index contributed by atoms with van der Waals surface area (Å²) in [5, 5.41) is 0. The van der Waals surface area contributed by atoms with E-state index in [0.29, 0.717) is 5.89 Å². The van der Waals surface area contributed by atoms with E-state index < -0.39 is 0 Å². The molecule has 0 N–H and O–H groups in total. The van der Waals surface area contributed by atoms with Crippen molar-refractivity contribution in [2.24, 2.45) is 0 Å². The van der Waals surface area contributed by atoms with Gasteiger partial charge >= 0.3 is 0 Å². The molecule has 1 heterocycles. The van der Waals surface area contributed by atoms with Gasteiger partial charge in [-0.25, -0.2) is 4.98 Å². The van der Waals surface area contributed by atoms with Crippen molar-refractivity contribution in [3.63, 3.8) is 0 Å². The summed E-state index contributed by atoms with van der Waals surface area (Å²) < 4.78 is 11.8. The van der Waals surface area contributed by atoms with Crippen LogP contribution in [0, 0.1) is 0 Å². The topological polar surface area (TPSA) is 35.3 Å². The number of unbranched alkanes of at least 4 members (excludes halogenated alkanes) is 7. The molecule has 0 radical (unpaired) electrons. The first kappa shape index (κ1) is 22.1. The molecule has 0 aliphatic carbocycles. The van der Waals surface area contributed by atoms with Crippen LogP contribution >= 0.6 is 0 Å². The normalized spacial score (nSPS) is 11.2. The molecule has 3 heteroatoms. The van der Waals surface area contributed by atoms with E-state index in [1.807, 2.05) is 24.3 Å². The van der Waals surface area contributed by atoms with Crippen LogP contribution in [0.25, 0.3) is 33.7 Å². The largest absolute Gasteiger partial charge is 0.494 e. The van der Waals surface area contributed by atoms with E-state index in [0.717, 1.165) is 35.4 Å². The molecule has 3 aromatic carbocycles. The zero-order valence-corrected chi connectivity index (χ0v) is 19.1. The van der Waals surface area contributed by atoms with Crippen molar-refractivity contribution < 1.29 is 9.15 Å². The third-order valence-corrected chi connectivity index (χ3v) is 5.88. The van der Waals surface area contributed by atoms with E-state index in [1.165, 1.54) is 56.1 Å². The molecule has 166 valence electrons. The Balaban J connectivity index is 1.25. The molecule has 4 rings (SSSR count). The summed E-state index contributed by atoms with van der Waals surface area (Å²) in [7, 11) is 0. The molecule has 0 fully saturated rings. The van der Waals surface area contributed by atoms with Gasteiger partial charge in [0.25, 0.3) is 0 Å². The van der Waals surface area contributed by atoms with Gasteiger partial charge in [-0.1, -0.05) is 88.3 Å². The van der Waals surface area contributed by atoms with E-state index in [-0.39, 0.29) is 0 Å². The second-order valence-electron chi connectivity index (χ2n) is 8.41. The van der Waals surface area contributed by atoms with Crippen LogP contribution in [0.15, 0.2) is 77.2 Å². The van der Waals surface area contributed by atoms with Crippen LogP contribution in [0.5, 0.6) is 5.75 Å². The molecule has 0 bridgehead atoms. The first-order chi connectivity index (χ1) is 15.8. The summed E-state index contributed by atoms with van der Waals surface area (Å²) in [6.45, 7) is 3.06. The number of benzene rings is 3.